The standard InChI is InChI=1S/C16H20O3S/c1-18-13-4-3-5-14(19-2)15(13)16(17)10-8-11-6-7-12(9-10)20-11/h3-5,10-12H,6-9H2,1-2H3. The zero-order valence-electron chi connectivity index (χ0n) is 11.9. The summed E-state index contributed by atoms with van der Waals surface area (Å²) in [5.41, 5.74) is 0.619. The first-order chi connectivity index (χ1) is 9.72. The average molecular weight is 292 g/mol. The Morgan fingerprint density at radius 2 is 1.65 bits per heavy atom. The summed E-state index contributed by atoms with van der Waals surface area (Å²) >= 11 is 2.07. The van der Waals surface area contributed by atoms with E-state index in [9.17, 15) is 4.79 Å². The number of thioether (sulfide) groups is 1. The van der Waals surface area contributed by atoms with Crippen LogP contribution >= 0.6 is 11.8 Å². The third-order valence-corrected chi connectivity index (χ3v) is 5.96. The molecule has 1 aromatic carbocycles. The molecule has 0 spiro atoms. The van der Waals surface area contributed by atoms with Crippen LogP contribution in [-0.2, 0) is 0 Å². The van der Waals surface area contributed by atoms with Gasteiger partial charge >= 0.3 is 0 Å². The molecule has 3 rings (SSSR count). The number of ketones is 1. The van der Waals surface area contributed by atoms with Crippen LogP contribution in [0, 0.1) is 5.92 Å². The third kappa shape index (κ3) is 2.41. The number of ether oxygens (including phenoxy) is 2. The molecule has 1 aromatic rings. The van der Waals surface area contributed by atoms with Gasteiger partial charge in [-0.05, 0) is 37.8 Å². The zero-order valence-corrected chi connectivity index (χ0v) is 12.7. The number of carbonyl (C=O) groups is 1. The monoisotopic (exact) mass is 292 g/mol. The predicted molar refractivity (Wildman–Crippen MR) is 81.0 cm³/mol. The first-order valence-electron chi connectivity index (χ1n) is 7.13. The van der Waals surface area contributed by atoms with Gasteiger partial charge in [-0.25, -0.2) is 0 Å². The van der Waals surface area contributed by atoms with E-state index in [1.165, 1.54) is 12.8 Å². The maximum Gasteiger partial charge on any atom is 0.173 e. The van der Waals surface area contributed by atoms with Crippen LogP contribution in [0.25, 0.3) is 0 Å². The SMILES string of the molecule is COc1cccc(OC)c1C(=O)C1CC2CCC(C1)S2. The molecule has 0 saturated carbocycles. The van der Waals surface area contributed by atoms with Gasteiger partial charge in [0.05, 0.1) is 14.2 Å². The lowest BCUT2D eigenvalue weighted by Gasteiger charge is -2.27. The van der Waals surface area contributed by atoms with Crippen molar-refractivity contribution in [3.05, 3.63) is 23.8 Å². The highest BCUT2D eigenvalue weighted by atomic mass is 32.2. The Labute approximate surface area is 124 Å². The first-order valence-corrected chi connectivity index (χ1v) is 8.08. The second kappa shape index (κ2) is 5.68. The van der Waals surface area contributed by atoms with Crippen molar-refractivity contribution in [3.63, 3.8) is 0 Å². The van der Waals surface area contributed by atoms with Crippen LogP contribution in [0.15, 0.2) is 18.2 Å². The molecule has 2 saturated heterocycles. The fourth-order valence-electron chi connectivity index (χ4n) is 3.37. The Balaban J connectivity index is 1.90. The molecule has 2 fully saturated rings. The van der Waals surface area contributed by atoms with Crippen molar-refractivity contribution in [3.8, 4) is 11.5 Å². The van der Waals surface area contributed by atoms with Crippen molar-refractivity contribution in [2.45, 2.75) is 36.2 Å². The number of rotatable bonds is 4. The van der Waals surface area contributed by atoms with Gasteiger partial charge in [-0.2, -0.15) is 11.8 Å². The van der Waals surface area contributed by atoms with Gasteiger partial charge < -0.3 is 9.47 Å². The highest BCUT2D eigenvalue weighted by Crippen LogP contribution is 2.47. The minimum absolute atomic E-state index is 0.124. The van der Waals surface area contributed by atoms with E-state index in [4.69, 9.17) is 9.47 Å². The summed E-state index contributed by atoms with van der Waals surface area (Å²) < 4.78 is 10.7. The molecule has 108 valence electrons. The average Bonchev–Trinajstić information content (AvgIpc) is 2.83. The maximum absolute atomic E-state index is 12.9. The second-order valence-electron chi connectivity index (χ2n) is 5.53. The number of methoxy groups -OCH3 is 2. The molecule has 0 N–H and O–H groups in total. The van der Waals surface area contributed by atoms with Gasteiger partial charge in [0.1, 0.15) is 17.1 Å². The fraction of sp³-hybridized carbons (Fsp3) is 0.562. The zero-order chi connectivity index (χ0) is 14.1. The summed E-state index contributed by atoms with van der Waals surface area (Å²) in [7, 11) is 3.21. The van der Waals surface area contributed by atoms with Gasteiger partial charge in [-0.15, -0.1) is 0 Å². The minimum atomic E-state index is 0.124. The Bertz CT molecular complexity index is 480. The van der Waals surface area contributed by atoms with Crippen molar-refractivity contribution in [2.24, 2.45) is 5.92 Å². The highest BCUT2D eigenvalue weighted by Gasteiger charge is 2.39. The third-order valence-electron chi connectivity index (χ3n) is 4.34. The normalized spacial score (nSPS) is 28.2. The molecule has 3 nitrogen and oxygen atoms in total. The minimum Gasteiger partial charge on any atom is -0.496 e. The number of hydrogen-bond acceptors (Lipinski definition) is 4. The Hall–Kier alpha value is -1.16. The molecule has 2 aliphatic rings. The van der Waals surface area contributed by atoms with E-state index in [-0.39, 0.29) is 11.7 Å². The van der Waals surface area contributed by atoms with Gasteiger partial charge in [0.25, 0.3) is 0 Å². The molecule has 0 radical (unpaired) electrons. The number of fused-ring (bicyclic) bond motifs is 2. The van der Waals surface area contributed by atoms with Crippen LogP contribution in [0.2, 0.25) is 0 Å². The van der Waals surface area contributed by atoms with Crippen molar-refractivity contribution >= 4 is 17.5 Å². The van der Waals surface area contributed by atoms with Crippen LogP contribution in [-0.4, -0.2) is 30.5 Å². The quantitative estimate of drug-likeness (QED) is 0.795. The van der Waals surface area contributed by atoms with Crippen LogP contribution in [0.5, 0.6) is 11.5 Å². The molecular weight excluding hydrogens is 272 g/mol. The second-order valence-corrected chi connectivity index (χ2v) is 7.13. The highest BCUT2D eigenvalue weighted by molar-refractivity contribution is 8.00. The van der Waals surface area contributed by atoms with Gasteiger partial charge in [-0.3, -0.25) is 4.79 Å². The number of hydrogen-bond donors (Lipinski definition) is 0. The molecule has 2 bridgehead atoms. The molecular formula is C16H20O3S. The van der Waals surface area contributed by atoms with E-state index in [1.807, 2.05) is 18.2 Å². The molecule has 2 aliphatic heterocycles. The van der Waals surface area contributed by atoms with Crippen LogP contribution in [0.3, 0.4) is 0 Å². The molecule has 0 amide bonds. The summed E-state index contributed by atoms with van der Waals surface area (Å²) in [4.78, 5) is 12.9. The molecule has 0 aromatic heterocycles. The number of benzene rings is 1. The van der Waals surface area contributed by atoms with Crippen LogP contribution < -0.4 is 9.47 Å². The molecule has 0 aliphatic carbocycles. The van der Waals surface area contributed by atoms with E-state index in [1.54, 1.807) is 14.2 Å². The topological polar surface area (TPSA) is 35.5 Å². The molecule has 2 atom stereocenters. The van der Waals surface area contributed by atoms with E-state index < -0.39 is 0 Å². The maximum atomic E-state index is 12.9. The summed E-state index contributed by atoms with van der Waals surface area (Å²) in [6.07, 6.45) is 4.53. The van der Waals surface area contributed by atoms with Gasteiger partial charge in [0.2, 0.25) is 0 Å². The van der Waals surface area contributed by atoms with Crippen molar-refractivity contribution in [2.75, 3.05) is 14.2 Å². The van der Waals surface area contributed by atoms with E-state index >= 15 is 0 Å². The van der Waals surface area contributed by atoms with Crippen molar-refractivity contribution < 1.29 is 14.3 Å². The van der Waals surface area contributed by atoms with Crippen LogP contribution in [0.4, 0.5) is 0 Å². The van der Waals surface area contributed by atoms with E-state index in [0.717, 1.165) is 12.8 Å². The Morgan fingerprint density at radius 3 is 2.15 bits per heavy atom. The van der Waals surface area contributed by atoms with Crippen LogP contribution in [0.1, 0.15) is 36.0 Å². The molecule has 20 heavy (non-hydrogen) atoms. The van der Waals surface area contributed by atoms with E-state index in [0.29, 0.717) is 27.6 Å². The van der Waals surface area contributed by atoms with E-state index in [2.05, 4.69) is 11.8 Å². The Kier molecular flexibility index (Phi) is 3.92. The lowest BCUT2D eigenvalue weighted by molar-refractivity contribution is 0.0900. The summed E-state index contributed by atoms with van der Waals surface area (Å²) in [6, 6.07) is 5.53. The number of carbonyl (C=O) groups excluding carboxylic acids is 1. The smallest absolute Gasteiger partial charge is 0.173 e. The molecule has 2 heterocycles. The van der Waals surface area contributed by atoms with Crippen molar-refractivity contribution in [1.29, 1.82) is 0 Å². The summed E-state index contributed by atoms with van der Waals surface area (Å²) in [6.45, 7) is 0. The molecule has 2 unspecified atom stereocenters. The Morgan fingerprint density at radius 1 is 1.10 bits per heavy atom. The van der Waals surface area contributed by atoms with Gasteiger partial charge in [0, 0.05) is 16.4 Å². The predicted octanol–water partition coefficient (Wildman–Crippen LogP) is 3.56. The lowest BCUT2D eigenvalue weighted by Crippen LogP contribution is -2.25. The number of Topliss-reactive ketones (excluding diaryl/α,β-unsaturated/α-hetero) is 1. The lowest BCUT2D eigenvalue weighted by atomic mass is 9.89. The van der Waals surface area contributed by atoms with Gasteiger partial charge in [-0.1, -0.05) is 6.07 Å². The largest absolute Gasteiger partial charge is 0.496 e. The first kappa shape index (κ1) is 13.8. The summed E-state index contributed by atoms with van der Waals surface area (Å²) in [5, 5.41) is 1.34. The van der Waals surface area contributed by atoms with Crippen molar-refractivity contribution in [1.82, 2.24) is 0 Å². The molecule has 4 heteroatoms. The summed E-state index contributed by atoms with van der Waals surface area (Å²) in [5.74, 6) is 1.57. The van der Waals surface area contributed by atoms with Gasteiger partial charge in [0.15, 0.2) is 5.78 Å². The fourth-order valence-corrected chi connectivity index (χ4v) is 5.15.